The fourth-order valence-corrected chi connectivity index (χ4v) is 4.15. The molecule has 4 heteroatoms. The Bertz CT molecular complexity index is 343. The van der Waals surface area contributed by atoms with Gasteiger partial charge in [-0.05, 0) is 25.7 Å². The average Bonchev–Trinajstić information content (AvgIpc) is 3.08. The van der Waals surface area contributed by atoms with Crippen LogP contribution in [0.5, 0.6) is 0 Å². The maximum absolute atomic E-state index is 12.9. The van der Waals surface area contributed by atoms with Gasteiger partial charge in [0.1, 0.15) is 5.78 Å². The minimum atomic E-state index is -0.220. The van der Waals surface area contributed by atoms with E-state index < -0.39 is 0 Å². The monoisotopic (exact) mass is 267 g/mol. The lowest BCUT2D eigenvalue weighted by Gasteiger charge is -2.39. The summed E-state index contributed by atoms with van der Waals surface area (Å²) in [4.78, 5) is 12.9. The van der Waals surface area contributed by atoms with E-state index in [-0.39, 0.29) is 16.9 Å². The van der Waals surface area contributed by atoms with E-state index in [0.717, 1.165) is 51.6 Å². The Labute approximate surface area is 115 Å². The molecule has 0 aromatic rings. The van der Waals surface area contributed by atoms with E-state index in [2.05, 4.69) is 0 Å². The molecule has 2 N–H and O–H groups in total. The van der Waals surface area contributed by atoms with E-state index in [1.54, 1.807) is 0 Å². The maximum Gasteiger partial charge on any atom is 0.143 e. The van der Waals surface area contributed by atoms with Crippen LogP contribution in [-0.4, -0.2) is 37.7 Å². The smallest absolute Gasteiger partial charge is 0.143 e. The molecule has 3 fully saturated rings. The third-order valence-electron chi connectivity index (χ3n) is 5.40. The number of carbonyl (C=O) groups excluding carboxylic acids is 1. The molecule has 19 heavy (non-hydrogen) atoms. The van der Waals surface area contributed by atoms with Crippen molar-refractivity contribution >= 4 is 5.78 Å². The molecule has 4 nitrogen and oxygen atoms in total. The van der Waals surface area contributed by atoms with Crippen LogP contribution in [0.1, 0.15) is 44.9 Å². The van der Waals surface area contributed by atoms with Crippen LogP contribution in [0, 0.1) is 11.3 Å². The lowest BCUT2D eigenvalue weighted by Crippen LogP contribution is -2.47. The SMILES string of the molecule is NCC1(C(=O)C2CCOC3(CCOC3)C2)CCCC1. The third-order valence-corrected chi connectivity index (χ3v) is 5.40. The summed E-state index contributed by atoms with van der Waals surface area (Å²) in [7, 11) is 0. The zero-order valence-corrected chi connectivity index (χ0v) is 11.7. The van der Waals surface area contributed by atoms with Crippen molar-refractivity contribution in [1.82, 2.24) is 0 Å². The summed E-state index contributed by atoms with van der Waals surface area (Å²) in [5.74, 6) is 0.555. The van der Waals surface area contributed by atoms with Crippen molar-refractivity contribution in [2.24, 2.45) is 17.1 Å². The topological polar surface area (TPSA) is 61.6 Å². The molecule has 0 aromatic carbocycles. The Balaban J connectivity index is 1.72. The summed E-state index contributed by atoms with van der Waals surface area (Å²) in [5, 5.41) is 0. The van der Waals surface area contributed by atoms with Crippen molar-refractivity contribution in [3.05, 3.63) is 0 Å². The van der Waals surface area contributed by atoms with Crippen molar-refractivity contribution in [3.8, 4) is 0 Å². The number of ketones is 1. The van der Waals surface area contributed by atoms with Gasteiger partial charge in [-0.15, -0.1) is 0 Å². The third kappa shape index (κ3) is 2.34. The van der Waals surface area contributed by atoms with Gasteiger partial charge >= 0.3 is 0 Å². The molecular formula is C15H25NO3. The number of Topliss-reactive ketones (excluding diaryl/α,β-unsaturated/α-hetero) is 1. The number of rotatable bonds is 3. The first-order valence-electron chi connectivity index (χ1n) is 7.66. The maximum atomic E-state index is 12.9. The van der Waals surface area contributed by atoms with Gasteiger partial charge in [-0.25, -0.2) is 0 Å². The van der Waals surface area contributed by atoms with Crippen LogP contribution in [0.25, 0.3) is 0 Å². The van der Waals surface area contributed by atoms with E-state index in [1.165, 1.54) is 0 Å². The summed E-state index contributed by atoms with van der Waals surface area (Å²) in [5.41, 5.74) is 5.55. The van der Waals surface area contributed by atoms with Gasteiger partial charge in [0.15, 0.2) is 0 Å². The van der Waals surface area contributed by atoms with Crippen LogP contribution in [0.15, 0.2) is 0 Å². The highest BCUT2D eigenvalue weighted by Gasteiger charge is 2.48. The zero-order chi connectivity index (χ0) is 13.3. The fourth-order valence-electron chi connectivity index (χ4n) is 4.15. The number of carbonyl (C=O) groups is 1. The second-order valence-electron chi connectivity index (χ2n) is 6.58. The number of ether oxygens (including phenoxy) is 2. The standard InChI is InChI=1S/C15H25NO3/c16-10-14(4-1-2-5-14)13(17)12-3-7-19-15(9-12)6-8-18-11-15/h12H,1-11,16H2. The van der Waals surface area contributed by atoms with Crippen LogP contribution in [0.2, 0.25) is 0 Å². The van der Waals surface area contributed by atoms with E-state index >= 15 is 0 Å². The Morgan fingerprint density at radius 3 is 2.63 bits per heavy atom. The normalized spacial score (nSPS) is 37.8. The summed E-state index contributed by atoms with van der Waals surface area (Å²) in [6.07, 6.45) is 6.93. The van der Waals surface area contributed by atoms with E-state index in [9.17, 15) is 4.79 Å². The molecule has 108 valence electrons. The van der Waals surface area contributed by atoms with Crippen molar-refractivity contribution in [3.63, 3.8) is 0 Å². The predicted molar refractivity (Wildman–Crippen MR) is 71.8 cm³/mol. The minimum absolute atomic E-state index is 0.136. The molecule has 1 spiro atoms. The number of hydrogen-bond donors (Lipinski definition) is 1. The minimum Gasteiger partial charge on any atom is -0.378 e. The molecule has 0 bridgehead atoms. The molecule has 1 aliphatic carbocycles. The molecule has 2 saturated heterocycles. The Hall–Kier alpha value is -0.450. The van der Waals surface area contributed by atoms with Crippen molar-refractivity contribution < 1.29 is 14.3 Å². The van der Waals surface area contributed by atoms with Crippen molar-refractivity contribution in [2.45, 2.75) is 50.5 Å². The van der Waals surface area contributed by atoms with Crippen LogP contribution >= 0.6 is 0 Å². The van der Waals surface area contributed by atoms with Crippen LogP contribution in [0.3, 0.4) is 0 Å². The van der Waals surface area contributed by atoms with E-state index in [0.29, 0.717) is 25.5 Å². The summed E-state index contributed by atoms with van der Waals surface area (Å²) < 4.78 is 11.4. The molecule has 3 aliphatic rings. The van der Waals surface area contributed by atoms with Gasteiger partial charge in [0.25, 0.3) is 0 Å². The first kappa shape index (κ1) is 13.5. The van der Waals surface area contributed by atoms with Crippen LogP contribution < -0.4 is 5.73 Å². The molecule has 0 radical (unpaired) electrons. The zero-order valence-electron chi connectivity index (χ0n) is 11.7. The molecule has 0 aromatic heterocycles. The second kappa shape index (κ2) is 5.15. The number of nitrogens with two attached hydrogens (primary N) is 1. The number of hydrogen-bond acceptors (Lipinski definition) is 4. The van der Waals surface area contributed by atoms with Gasteiger partial charge < -0.3 is 15.2 Å². The molecule has 2 heterocycles. The largest absolute Gasteiger partial charge is 0.378 e. The predicted octanol–water partition coefficient (Wildman–Crippen LogP) is 1.66. The summed E-state index contributed by atoms with van der Waals surface area (Å²) in [6, 6.07) is 0. The first-order valence-corrected chi connectivity index (χ1v) is 7.66. The van der Waals surface area contributed by atoms with Crippen LogP contribution in [-0.2, 0) is 14.3 Å². The highest BCUT2D eigenvalue weighted by atomic mass is 16.6. The highest BCUT2D eigenvalue weighted by Crippen LogP contribution is 2.44. The average molecular weight is 267 g/mol. The lowest BCUT2D eigenvalue weighted by atomic mass is 9.71. The molecule has 2 aliphatic heterocycles. The summed E-state index contributed by atoms with van der Waals surface area (Å²) in [6.45, 7) is 2.64. The first-order chi connectivity index (χ1) is 9.20. The van der Waals surface area contributed by atoms with Gasteiger partial charge in [-0.2, -0.15) is 0 Å². The Morgan fingerprint density at radius 1 is 1.21 bits per heavy atom. The molecule has 1 saturated carbocycles. The highest BCUT2D eigenvalue weighted by molar-refractivity contribution is 5.87. The van der Waals surface area contributed by atoms with Crippen molar-refractivity contribution in [2.75, 3.05) is 26.4 Å². The van der Waals surface area contributed by atoms with Crippen LogP contribution in [0.4, 0.5) is 0 Å². The van der Waals surface area contributed by atoms with Crippen molar-refractivity contribution in [1.29, 1.82) is 0 Å². The van der Waals surface area contributed by atoms with Gasteiger partial charge in [0.2, 0.25) is 0 Å². The lowest BCUT2D eigenvalue weighted by molar-refractivity contribution is -0.145. The molecule has 2 atom stereocenters. The van der Waals surface area contributed by atoms with Gasteiger partial charge in [0.05, 0.1) is 12.2 Å². The van der Waals surface area contributed by atoms with E-state index in [1.807, 2.05) is 0 Å². The fraction of sp³-hybridized carbons (Fsp3) is 0.933. The molecule has 3 rings (SSSR count). The quantitative estimate of drug-likeness (QED) is 0.845. The molecule has 2 unspecified atom stereocenters. The Morgan fingerprint density at radius 2 is 2.00 bits per heavy atom. The summed E-state index contributed by atoms with van der Waals surface area (Å²) >= 11 is 0. The van der Waals surface area contributed by atoms with Gasteiger partial charge in [-0.1, -0.05) is 12.8 Å². The van der Waals surface area contributed by atoms with Gasteiger partial charge in [-0.3, -0.25) is 4.79 Å². The van der Waals surface area contributed by atoms with Gasteiger partial charge in [0, 0.05) is 37.5 Å². The second-order valence-corrected chi connectivity index (χ2v) is 6.58. The Kier molecular flexibility index (Phi) is 3.67. The molecular weight excluding hydrogens is 242 g/mol. The van der Waals surface area contributed by atoms with E-state index in [4.69, 9.17) is 15.2 Å². The molecule has 0 amide bonds.